The van der Waals surface area contributed by atoms with Crippen LogP contribution in [-0.4, -0.2) is 22.9 Å². The highest BCUT2D eigenvalue weighted by Gasteiger charge is 2.24. The first-order valence-electron chi connectivity index (χ1n) is 6.96. The molecule has 0 saturated carbocycles. The summed E-state index contributed by atoms with van der Waals surface area (Å²) in [5.74, 6) is 1.79. The fraction of sp³-hybridized carbons (Fsp3) is 0.312. The summed E-state index contributed by atoms with van der Waals surface area (Å²) in [6.45, 7) is 2.07. The summed E-state index contributed by atoms with van der Waals surface area (Å²) >= 11 is 0. The molecule has 21 heavy (non-hydrogen) atoms. The lowest BCUT2D eigenvalue weighted by atomic mass is 9.88. The predicted octanol–water partition coefficient (Wildman–Crippen LogP) is 2.99. The second kappa shape index (κ2) is 5.52. The van der Waals surface area contributed by atoms with Crippen molar-refractivity contribution >= 4 is 17.4 Å². The maximum atomic E-state index is 11.9. The van der Waals surface area contributed by atoms with Gasteiger partial charge in [0.1, 0.15) is 5.75 Å². The topological polar surface area (TPSA) is 64.1 Å². The van der Waals surface area contributed by atoms with E-state index in [-0.39, 0.29) is 5.78 Å². The van der Waals surface area contributed by atoms with Gasteiger partial charge in [0.05, 0.1) is 18.4 Å². The molecule has 5 heteroatoms. The van der Waals surface area contributed by atoms with Crippen molar-refractivity contribution in [1.82, 2.24) is 9.97 Å². The highest BCUT2D eigenvalue weighted by molar-refractivity contribution is 5.98. The van der Waals surface area contributed by atoms with Gasteiger partial charge in [-0.25, -0.2) is 9.97 Å². The molecule has 5 nitrogen and oxygen atoms in total. The van der Waals surface area contributed by atoms with Crippen molar-refractivity contribution in [2.24, 2.45) is 5.92 Å². The van der Waals surface area contributed by atoms with E-state index >= 15 is 0 Å². The fourth-order valence-corrected chi connectivity index (χ4v) is 2.50. The van der Waals surface area contributed by atoms with Crippen LogP contribution in [-0.2, 0) is 6.42 Å². The summed E-state index contributed by atoms with van der Waals surface area (Å²) in [7, 11) is 1.63. The molecule has 0 unspecified atom stereocenters. The first-order chi connectivity index (χ1) is 10.2. The zero-order chi connectivity index (χ0) is 14.8. The van der Waals surface area contributed by atoms with Crippen LogP contribution in [0.2, 0.25) is 0 Å². The molecule has 1 aliphatic carbocycles. The molecule has 1 aliphatic rings. The molecule has 0 radical (unpaired) electrons. The minimum Gasteiger partial charge on any atom is -0.497 e. The molecule has 1 heterocycles. The van der Waals surface area contributed by atoms with Crippen molar-refractivity contribution in [3.63, 3.8) is 0 Å². The highest BCUT2D eigenvalue weighted by Crippen LogP contribution is 2.25. The van der Waals surface area contributed by atoms with Crippen LogP contribution < -0.4 is 10.1 Å². The van der Waals surface area contributed by atoms with Gasteiger partial charge in [-0.1, -0.05) is 6.92 Å². The third-order valence-corrected chi connectivity index (χ3v) is 3.59. The number of fused-ring (bicyclic) bond motifs is 1. The zero-order valence-corrected chi connectivity index (χ0v) is 12.1. The van der Waals surface area contributed by atoms with Crippen molar-refractivity contribution in [2.45, 2.75) is 19.8 Å². The van der Waals surface area contributed by atoms with Gasteiger partial charge in [0.15, 0.2) is 5.78 Å². The van der Waals surface area contributed by atoms with E-state index in [0.29, 0.717) is 23.9 Å². The molecular formula is C16H17N3O2. The van der Waals surface area contributed by atoms with Gasteiger partial charge >= 0.3 is 0 Å². The van der Waals surface area contributed by atoms with Gasteiger partial charge in [-0.3, -0.25) is 4.79 Å². The number of carbonyl (C=O) groups is 1. The summed E-state index contributed by atoms with van der Waals surface area (Å²) in [5.41, 5.74) is 2.38. The average Bonchev–Trinajstić information content (AvgIpc) is 2.47. The van der Waals surface area contributed by atoms with Crippen molar-refractivity contribution < 1.29 is 9.53 Å². The number of anilines is 2. The quantitative estimate of drug-likeness (QED) is 0.938. The van der Waals surface area contributed by atoms with Gasteiger partial charge in [-0.15, -0.1) is 0 Å². The minimum absolute atomic E-state index is 0.139. The fourth-order valence-electron chi connectivity index (χ4n) is 2.50. The van der Waals surface area contributed by atoms with E-state index in [1.54, 1.807) is 13.3 Å². The Labute approximate surface area is 123 Å². The number of benzene rings is 1. The molecule has 1 N–H and O–H groups in total. The van der Waals surface area contributed by atoms with E-state index in [2.05, 4.69) is 22.2 Å². The number of hydrogen-bond acceptors (Lipinski definition) is 5. The van der Waals surface area contributed by atoms with Crippen LogP contribution >= 0.6 is 0 Å². The van der Waals surface area contributed by atoms with Crippen LogP contribution in [0.3, 0.4) is 0 Å². The van der Waals surface area contributed by atoms with Gasteiger partial charge < -0.3 is 10.1 Å². The SMILES string of the molecule is COc1ccc(Nc2ncc3c(n2)C[C@@H](C)CC3=O)cc1. The van der Waals surface area contributed by atoms with E-state index in [1.165, 1.54) is 0 Å². The second-order valence-corrected chi connectivity index (χ2v) is 5.34. The van der Waals surface area contributed by atoms with Crippen molar-refractivity contribution in [3.05, 3.63) is 41.7 Å². The number of Topliss-reactive ketones (excluding diaryl/α,β-unsaturated/α-hetero) is 1. The highest BCUT2D eigenvalue weighted by atomic mass is 16.5. The first kappa shape index (κ1) is 13.5. The second-order valence-electron chi connectivity index (χ2n) is 5.34. The third-order valence-electron chi connectivity index (χ3n) is 3.59. The Balaban J connectivity index is 1.83. The Morgan fingerprint density at radius 3 is 2.71 bits per heavy atom. The zero-order valence-electron chi connectivity index (χ0n) is 12.1. The first-order valence-corrected chi connectivity index (χ1v) is 6.96. The molecule has 0 fully saturated rings. The number of hydrogen-bond donors (Lipinski definition) is 1. The van der Waals surface area contributed by atoms with Crippen LogP contribution in [0.4, 0.5) is 11.6 Å². The van der Waals surface area contributed by atoms with Crippen molar-refractivity contribution in [2.75, 3.05) is 12.4 Å². The third kappa shape index (κ3) is 2.86. The molecule has 0 spiro atoms. The molecule has 3 rings (SSSR count). The molecular weight excluding hydrogens is 266 g/mol. The maximum Gasteiger partial charge on any atom is 0.227 e. The number of nitrogens with zero attached hydrogens (tertiary/aromatic N) is 2. The summed E-state index contributed by atoms with van der Waals surface area (Å²) in [4.78, 5) is 20.6. The molecule has 0 aliphatic heterocycles. The maximum absolute atomic E-state index is 11.9. The lowest BCUT2D eigenvalue weighted by molar-refractivity contribution is 0.0951. The average molecular weight is 283 g/mol. The Hall–Kier alpha value is -2.43. The smallest absolute Gasteiger partial charge is 0.227 e. The van der Waals surface area contributed by atoms with E-state index in [1.807, 2.05) is 24.3 Å². The summed E-state index contributed by atoms with van der Waals surface area (Å²) in [5, 5.41) is 3.15. The van der Waals surface area contributed by atoms with Crippen LogP contribution in [0.15, 0.2) is 30.5 Å². The molecule has 1 aromatic heterocycles. The molecule has 2 aromatic rings. The molecule has 0 bridgehead atoms. The van der Waals surface area contributed by atoms with E-state index in [0.717, 1.165) is 23.6 Å². The Bertz CT molecular complexity index is 668. The molecule has 1 atom stereocenters. The van der Waals surface area contributed by atoms with Crippen LogP contribution in [0, 0.1) is 5.92 Å². The lowest BCUT2D eigenvalue weighted by Gasteiger charge is -2.19. The van der Waals surface area contributed by atoms with E-state index < -0.39 is 0 Å². The Kier molecular flexibility index (Phi) is 3.56. The Morgan fingerprint density at radius 2 is 2.00 bits per heavy atom. The number of methoxy groups -OCH3 is 1. The van der Waals surface area contributed by atoms with Crippen LogP contribution in [0.25, 0.3) is 0 Å². The van der Waals surface area contributed by atoms with Crippen molar-refractivity contribution in [1.29, 1.82) is 0 Å². The Morgan fingerprint density at radius 1 is 1.24 bits per heavy atom. The van der Waals surface area contributed by atoms with Gasteiger partial charge in [-0.05, 0) is 36.6 Å². The number of ketones is 1. The predicted molar refractivity (Wildman–Crippen MR) is 80.1 cm³/mol. The minimum atomic E-state index is 0.139. The molecule has 0 amide bonds. The van der Waals surface area contributed by atoms with E-state index in [4.69, 9.17) is 4.74 Å². The van der Waals surface area contributed by atoms with Gasteiger partial charge in [-0.2, -0.15) is 0 Å². The molecule has 108 valence electrons. The standard InChI is InChI=1S/C16H17N3O2/c1-10-7-14-13(15(20)8-10)9-17-16(19-14)18-11-3-5-12(21-2)6-4-11/h3-6,9-10H,7-8H2,1-2H3,(H,17,18,19)/t10-/m1/s1. The number of nitrogens with one attached hydrogen (secondary N) is 1. The largest absolute Gasteiger partial charge is 0.497 e. The van der Waals surface area contributed by atoms with Crippen LogP contribution in [0.5, 0.6) is 5.75 Å². The number of aromatic nitrogens is 2. The number of ether oxygens (including phenoxy) is 1. The summed E-state index contributed by atoms with van der Waals surface area (Å²) in [6, 6.07) is 7.53. The molecule has 1 aromatic carbocycles. The van der Waals surface area contributed by atoms with Crippen molar-refractivity contribution in [3.8, 4) is 5.75 Å². The van der Waals surface area contributed by atoms with Gasteiger partial charge in [0, 0.05) is 18.3 Å². The van der Waals surface area contributed by atoms with E-state index in [9.17, 15) is 4.79 Å². The van der Waals surface area contributed by atoms with Gasteiger partial charge in [0.2, 0.25) is 5.95 Å². The lowest BCUT2D eigenvalue weighted by Crippen LogP contribution is -2.20. The number of carbonyl (C=O) groups excluding carboxylic acids is 1. The van der Waals surface area contributed by atoms with Crippen LogP contribution in [0.1, 0.15) is 29.4 Å². The summed E-state index contributed by atoms with van der Waals surface area (Å²) < 4.78 is 5.12. The monoisotopic (exact) mass is 283 g/mol. The molecule has 0 saturated heterocycles. The number of rotatable bonds is 3. The van der Waals surface area contributed by atoms with Gasteiger partial charge in [0.25, 0.3) is 0 Å². The normalized spacial score (nSPS) is 17.2. The summed E-state index contributed by atoms with van der Waals surface area (Å²) in [6.07, 6.45) is 3.03.